The van der Waals surface area contributed by atoms with Crippen LogP contribution in [0, 0.1) is 23.6 Å². The number of halogens is 1. The van der Waals surface area contributed by atoms with Gasteiger partial charge in [-0.1, -0.05) is 12.1 Å². The maximum atomic E-state index is 13.9. The highest BCUT2D eigenvalue weighted by molar-refractivity contribution is 7.89. The molecule has 6 nitrogen and oxygen atoms in total. The van der Waals surface area contributed by atoms with Crippen molar-refractivity contribution in [3.05, 3.63) is 30.1 Å². The lowest BCUT2D eigenvalue weighted by Crippen LogP contribution is -2.44. The highest BCUT2D eigenvalue weighted by atomic mass is 32.2. The Labute approximate surface area is 153 Å². The molecule has 1 aromatic carbocycles. The Hall–Kier alpha value is -1.51. The number of amides is 1. The molecule has 0 aliphatic carbocycles. The average molecular weight is 381 g/mol. The predicted molar refractivity (Wildman–Crippen MR) is 94.3 cm³/mol. The van der Waals surface area contributed by atoms with Crippen molar-refractivity contribution in [1.29, 1.82) is 0 Å². The third-order valence-electron chi connectivity index (χ3n) is 5.96. The lowest BCUT2D eigenvalue weighted by Gasteiger charge is -2.32. The van der Waals surface area contributed by atoms with Gasteiger partial charge in [0, 0.05) is 45.2 Å². The quantitative estimate of drug-likeness (QED) is 0.845. The maximum absolute atomic E-state index is 13.9. The molecule has 3 aliphatic heterocycles. The van der Waals surface area contributed by atoms with Gasteiger partial charge in [0.15, 0.2) is 0 Å². The summed E-state index contributed by atoms with van der Waals surface area (Å²) >= 11 is 0. The van der Waals surface area contributed by atoms with E-state index in [1.165, 1.54) is 22.5 Å². The van der Waals surface area contributed by atoms with Crippen molar-refractivity contribution in [3.63, 3.8) is 0 Å². The largest absolute Gasteiger partial charge is 0.342 e. The maximum Gasteiger partial charge on any atom is 0.245 e. The number of nitrogens with one attached hydrogen (secondary N) is 1. The van der Waals surface area contributed by atoms with Gasteiger partial charge in [-0.25, -0.2) is 12.8 Å². The number of piperidine rings is 1. The van der Waals surface area contributed by atoms with E-state index < -0.39 is 15.8 Å². The third kappa shape index (κ3) is 3.14. The number of likely N-dealkylation sites (tertiary alicyclic amines) is 1. The fourth-order valence-corrected chi connectivity index (χ4v) is 5.96. The molecule has 26 heavy (non-hydrogen) atoms. The van der Waals surface area contributed by atoms with Crippen LogP contribution >= 0.6 is 0 Å². The van der Waals surface area contributed by atoms with E-state index in [0.717, 1.165) is 32.2 Å². The predicted octanol–water partition coefficient (Wildman–Crippen LogP) is 0.904. The van der Waals surface area contributed by atoms with E-state index in [0.29, 0.717) is 24.7 Å². The van der Waals surface area contributed by atoms with E-state index in [4.69, 9.17) is 0 Å². The van der Waals surface area contributed by atoms with Crippen LogP contribution in [0.1, 0.15) is 12.8 Å². The highest BCUT2D eigenvalue weighted by Gasteiger charge is 2.41. The molecule has 0 unspecified atom stereocenters. The summed E-state index contributed by atoms with van der Waals surface area (Å²) in [7, 11) is -3.85. The van der Waals surface area contributed by atoms with Gasteiger partial charge in [-0.15, -0.1) is 0 Å². The summed E-state index contributed by atoms with van der Waals surface area (Å²) in [6.07, 6.45) is 0.993. The summed E-state index contributed by atoms with van der Waals surface area (Å²) in [5.74, 6) is 0.403. The number of nitrogens with zero attached hydrogens (tertiary/aromatic N) is 2. The van der Waals surface area contributed by atoms with Gasteiger partial charge in [0.2, 0.25) is 15.9 Å². The topological polar surface area (TPSA) is 69.7 Å². The minimum Gasteiger partial charge on any atom is -0.342 e. The fourth-order valence-electron chi connectivity index (χ4n) is 4.43. The van der Waals surface area contributed by atoms with Gasteiger partial charge in [-0.05, 0) is 36.8 Å². The smallest absolute Gasteiger partial charge is 0.245 e. The van der Waals surface area contributed by atoms with Crippen molar-refractivity contribution in [1.82, 2.24) is 14.5 Å². The van der Waals surface area contributed by atoms with Crippen LogP contribution in [0.25, 0.3) is 0 Å². The molecule has 2 atom stereocenters. The SMILES string of the molecule is O=C(C1CCN(S(=O)(=O)c2ccccc2F)CC1)N1C[C@H]2CNC[C@H]2C1. The van der Waals surface area contributed by atoms with E-state index in [1.54, 1.807) is 0 Å². The van der Waals surface area contributed by atoms with Gasteiger partial charge in [0.25, 0.3) is 0 Å². The van der Waals surface area contributed by atoms with Crippen molar-refractivity contribution in [2.45, 2.75) is 17.7 Å². The minimum atomic E-state index is -3.85. The molecule has 3 heterocycles. The van der Waals surface area contributed by atoms with Gasteiger partial charge < -0.3 is 10.2 Å². The summed E-state index contributed by atoms with van der Waals surface area (Å²) in [5, 5.41) is 3.36. The Morgan fingerprint density at radius 3 is 2.31 bits per heavy atom. The van der Waals surface area contributed by atoms with Gasteiger partial charge in [-0.3, -0.25) is 4.79 Å². The second-order valence-electron chi connectivity index (χ2n) is 7.53. The molecule has 142 valence electrons. The molecular formula is C18H24FN3O3S. The first kappa shape index (κ1) is 17.9. The number of carbonyl (C=O) groups excluding carboxylic acids is 1. The molecule has 8 heteroatoms. The second-order valence-corrected chi connectivity index (χ2v) is 9.44. The summed E-state index contributed by atoms with van der Waals surface area (Å²) in [6, 6.07) is 5.44. The second kappa shape index (κ2) is 6.90. The highest BCUT2D eigenvalue weighted by Crippen LogP contribution is 2.31. The van der Waals surface area contributed by atoms with Crippen LogP contribution in [0.4, 0.5) is 4.39 Å². The summed E-state index contributed by atoms with van der Waals surface area (Å²) < 4.78 is 40.5. The molecule has 0 radical (unpaired) electrons. The number of benzene rings is 1. The molecule has 3 saturated heterocycles. The van der Waals surface area contributed by atoms with E-state index in [-0.39, 0.29) is 29.8 Å². The third-order valence-corrected chi connectivity index (χ3v) is 7.89. The number of rotatable bonds is 3. The normalized spacial score (nSPS) is 27.7. The van der Waals surface area contributed by atoms with Crippen LogP contribution < -0.4 is 5.32 Å². The molecule has 0 aromatic heterocycles. The van der Waals surface area contributed by atoms with Gasteiger partial charge in [-0.2, -0.15) is 4.31 Å². The number of hydrogen-bond acceptors (Lipinski definition) is 4. The van der Waals surface area contributed by atoms with Crippen LogP contribution in [-0.2, 0) is 14.8 Å². The zero-order valence-corrected chi connectivity index (χ0v) is 15.4. The monoisotopic (exact) mass is 381 g/mol. The first-order chi connectivity index (χ1) is 12.5. The molecule has 1 amide bonds. The molecule has 3 fully saturated rings. The Morgan fingerprint density at radius 2 is 1.69 bits per heavy atom. The Morgan fingerprint density at radius 1 is 1.08 bits per heavy atom. The van der Waals surface area contributed by atoms with E-state index in [2.05, 4.69) is 5.32 Å². The van der Waals surface area contributed by atoms with E-state index >= 15 is 0 Å². The van der Waals surface area contributed by atoms with Crippen LogP contribution in [0.2, 0.25) is 0 Å². The van der Waals surface area contributed by atoms with Crippen molar-refractivity contribution in [2.75, 3.05) is 39.3 Å². The average Bonchev–Trinajstić information content (AvgIpc) is 3.23. The van der Waals surface area contributed by atoms with E-state index in [9.17, 15) is 17.6 Å². The summed E-state index contributed by atoms with van der Waals surface area (Å²) in [6.45, 7) is 4.10. The zero-order chi connectivity index (χ0) is 18.3. The molecule has 0 bridgehead atoms. The van der Waals surface area contributed by atoms with Crippen molar-refractivity contribution >= 4 is 15.9 Å². The summed E-state index contributed by atoms with van der Waals surface area (Å²) in [5.41, 5.74) is 0. The Balaban J connectivity index is 1.38. The molecule has 1 N–H and O–H groups in total. The molecule has 1 aromatic rings. The fraction of sp³-hybridized carbons (Fsp3) is 0.611. The first-order valence-electron chi connectivity index (χ1n) is 9.21. The zero-order valence-electron chi connectivity index (χ0n) is 14.6. The van der Waals surface area contributed by atoms with Crippen LogP contribution in [0.3, 0.4) is 0 Å². The van der Waals surface area contributed by atoms with Gasteiger partial charge in [0.1, 0.15) is 10.7 Å². The van der Waals surface area contributed by atoms with E-state index in [1.807, 2.05) is 4.90 Å². The van der Waals surface area contributed by atoms with Gasteiger partial charge in [0.05, 0.1) is 0 Å². The molecule has 0 saturated carbocycles. The number of carbonyl (C=O) groups is 1. The minimum absolute atomic E-state index is 0.131. The Bertz CT molecular complexity index is 781. The molecular weight excluding hydrogens is 357 g/mol. The Kier molecular flexibility index (Phi) is 4.75. The molecule has 3 aliphatic rings. The number of hydrogen-bond donors (Lipinski definition) is 1. The van der Waals surface area contributed by atoms with Crippen LogP contribution in [0.15, 0.2) is 29.2 Å². The lowest BCUT2D eigenvalue weighted by molar-refractivity contribution is -0.135. The molecule has 4 rings (SSSR count). The first-order valence-corrected chi connectivity index (χ1v) is 10.6. The van der Waals surface area contributed by atoms with Crippen LogP contribution in [-0.4, -0.2) is 62.8 Å². The number of sulfonamides is 1. The standard InChI is InChI=1S/C18H24FN3O3S/c19-16-3-1-2-4-17(16)26(24,25)22-7-5-13(6-8-22)18(23)21-11-14-9-20-10-15(14)12-21/h1-4,13-15,20H,5-12H2/t14-,15+. The van der Waals surface area contributed by atoms with Crippen molar-refractivity contribution in [3.8, 4) is 0 Å². The number of fused-ring (bicyclic) bond motifs is 1. The summed E-state index contributed by atoms with van der Waals surface area (Å²) in [4.78, 5) is 14.5. The van der Waals surface area contributed by atoms with Crippen molar-refractivity contribution < 1.29 is 17.6 Å². The van der Waals surface area contributed by atoms with Crippen LogP contribution in [0.5, 0.6) is 0 Å². The van der Waals surface area contributed by atoms with Crippen molar-refractivity contribution in [2.24, 2.45) is 17.8 Å². The molecule has 0 spiro atoms. The lowest BCUT2D eigenvalue weighted by atomic mass is 9.96. The van der Waals surface area contributed by atoms with Gasteiger partial charge >= 0.3 is 0 Å².